The highest BCUT2D eigenvalue weighted by Crippen LogP contribution is 2.29. The Balaban J connectivity index is 2.55. The van der Waals surface area contributed by atoms with Crippen molar-refractivity contribution in [2.45, 2.75) is 19.8 Å². The molecular weight excluding hydrogens is 310 g/mol. The molecule has 6 heteroatoms. The molecule has 0 saturated carbocycles. The highest BCUT2D eigenvalue weighted by Gasteiger charge is 2.16. The van der Waals surface area contributed by atoms with Gasteiger partial charge < -0.3 is 0 Å². The number of hydrogen-bond donors (Lipinski definition) is 0. The summed E-state index contributed by atoms with van der Waals surface area (Å²) >= 11 is 17.9. The smallest absolute Gasteiger partial charge is 0.165 e. The fourth-order valence-electron chi connectivity index (χ4n) is 1.68. The van der Waals surface area contributed by atoms with Gasteiger partial charge in [-0.1, -0.05) is 54.2 Å². The van der Waals surface area contributed by atoms with Crippen molar-refractivity contribution >= 4 is 34.8 Å². The number of aromatic nitrogens is 2. The van der Waals surface area contributed by atoms with Gasteiger partial charge in [0.1, 0.15) is 10.3 Å². The van der Waals surface area contributed by atoms with Crippen LogP contribution in [0.3, 0.4) is 0 Å². The van der Waals surface area contributed by atoms with E-state index in [0.717, 1.165) is 6.42 Å². The Morgan fingerprint density at radius 1 is 1.11 bits per heavy atom. The van der Waals surface area contributed by atoms with Crippen molar-refractivity contribution in [3.05, 3.63) is 44.9 Å². The molecule has 19 heavy (non-hydrogen) atoms. The monoisotopic (exact) mass is 318 g/mol. The van der Waals surface area contributed by atoms with Crippen molar-refractivity contribution < 1.29 is 4.39 Å². The molecule has 1 aromatic carbocycles. The molecule has 0 aliphatic carbocycles. The Kier molecular flexibility index (Phi) is 4.61. The molecule has 0 fully saturated rings. The molecule has 0 spiro atoms. The van der Waals surface area contributed by atoms with Crippen LogP contribution in [0.15, 0.2) is 18.2 Å². The zero-order valence-electron chi connectivity index (χ0n) is 10.1. The van der Waals surface area contributed by atoms with E-state index in [0.29, 0.717) is 12.0 Å². The molecule has 0 amide bonds. The summed E-state index contributed by atoms with van der Waals surface area (Å²) < 4.78 is 13.9. The molecule has 2 aromatic rings. The van der Waals surface area contributed by atoms with E-state index in [1.165, 1.54) is 12.1 Å². The summed E-state index contributed by atoms with van der Waals surface area (Å²) in [6.45, 7) is 2.00. The predicted octanol–water partition coefficient (Wildman–Crippen LogP) is 5.20. The first-order valence-corrected chi connectivity index (χ1v) is 6.84. The second-order valence-corrected chi connectivity index (χ2v) is 5.08. The molecule has 0 radical (unpaired) electrons. The van der Waals surface area contributed by atoms with Crippen LogP contribution in [0.5, 0.6) is 0 Å². The largest absolute Gasteiger partial charge is 0.216 e. The van der Waals surface area contributed by atoms with Crippen LogP contribution in [0.4, 0.5) is 4.39 Å². The third-order valence-corrected chi connectivity index (χ3v) is 3.52. The Morgan fingerprint density at radius 3 is 2.32 bits per heavy atom. The molecule has 1 heterocycles. The fourth-order valence-corrected chi connectivity index (χ4v) is 2.44. The topological polar surface area (TPSA) is 25.8 Å². The molecule has 0 N–H and O–H groups in total. The Hall–Kier alpha value is -0.900. The predicted molar refractivity (Wildman–Crippen MR) is 76.5 cm³/mol. The van der Waals surface area contributed by atoms with E-state index in [4.69, 9.17) is 34.8 Å². The van der Waals surface area contributed by atoms with Gasteiger partial charge in [-0.2, -0.15) is 0 Å². The molecule has 0 aliphatic heterocycles. The molecule has 0 saturated heterocycles. The van der Waals surface area contributed by atoms with Crippen molar-refractivity contribution in [1.29, 1.82) is 0 Å². The maximum absolute atomic E-state index is 13.9. The Labute approximate surface area is 125 Å². The minimum Gasteiger partial charge on any atom is -0.216 e. The van der Waals surface area contributed by atoms with Gasteiger partial charge in [0, 0.05) is 5.56 Å². The summed E-state index contributed by atoms with van der Waals surface area (Å²) in [6, 6.07) is 4.60. The fraction of sp³-hybridized carbons (Fsp3) is 0.231. The minimum absolute atomic E-state index is 0.00554. The van der Waals surface area contributed by atoms with E-state index < -0.39 is 5.82 Å². The standard InChI is InChI=1S/C13H10Cl3FN2/c1-2-4-8-11(15)18-13(19-12(8)16)7-5-3-6-9(14)10(7)17/h3,5-6H,2,4H2,1H3. The highest BCUT2D eigenvalue weighted by molar-refractivity contribution is 6.34. The highest BCUT2D eigenvalue weighted by atomic mass is 35.5. The van der Waals surface area contributed by atoms with Crippen LogP contribution in [-0.2, 0) is 6.42 Å². The molecule has 0 bridgehead atoms. The van der Waals surface area contributed by atoms with Gasteiger partial charge in [0.15, 0.2) is 11.6 Å². The molecule has 0 aliphatic rings. The zero-order valence-corrected chi connectivity index (χ0v) is 12.3. The van der Waals surface area contributed by atoms with E-state index in [2.05, 4.69) is 9.97 Å². The average molecular weight is 320 g/mol. The first kappa shape index (κ1) is 14.5. The molecule has 100 valence electrons. The van der Waals surface area contributed by atoms with Crippen molar-refractivity contribution in [2.24, 2.45) is 0 Å². The first-order chi connectivity index (χ1) is 9.04. The normalized spacial score (nSPS) is 10.8. The molecule has 1 aromatic heterocycles. The molecule has 0 unspecified atom stereocenters. The lowest BCUT2D eigenvalue weighted by Gasteiger charge is -2.08. The Morgan fingerprint density at radius 2 is 1.74 bits per heavy atom. The molecule has 2 nitrogen and oxygen atoms in total. The van der Waals surface area contributed by atoms with E-state index >= 15 is 0 Å². The maximum Gasteiger partial charge on any atom is 0.165 e. The van der Waals surface area contributed by atoms with Crippen molar-refractivity contribution in [2.75, 3.05) is 0 Å². The molecular formula is C13H10Cl3FN2. The van der Waals surface area contributed by atoms with Crippen LogP contribution in [-0.4, -0.2) is 9.97 Å². The van der Waals surface area contributed by atoms with Crippen LogP contribution < -0.4 is 0 Å². The van der Waals surface area contributed by atoms with Crippen molar-refractivity contribution in [3.8, 4) is 11.4 Å². The SMILES string of the molecule is CCCc1c(Cl)nc(-c2cccc(Cl)c2F)nc1Cl. The summed E-state index contributed by atoms with van der Waals surface area (Å²) in [5.74, 6) is -0.450. The summed E-state index contributed by atoms with van der Waals surface area (Å²) in [7, 11) is 0. The second-order valence-electron chi connectivity index (χ2n) is 3.96. The number of benzene rings is 1. The van der Waals surface area contributed by atoms with Gasteiger partial charge in [0.25, 0.3) is 0 Å². The van der Waals surface area contributed by atoms with Gasteiger partial charge in [0.2, 0.25) is 0 Å². The van der Waals surface area contributed by atoms with E-state index in [1.54, 1.807) is 6.07 Å². The lowest BCUT2D eigenvalue weighted by Crippen LogP contribution is -1.99. The summed E-state index contributed by atoms with van der Waals surface area (Å²) in [5.41, 5.74) is 0.858. The third kappa shape index (κ3) is 2.99. The van der Waals surface area contributed by atoms with Gasteiger partial charge in [-0.3, -0.25) is 0 Å². The van der Waals surface area contributed by atoms with Crippen molar-refractivity contribution in [1.82, 2.24) is 9.97 Å². The summed E-state index contributed by atoms with van der Waals surface area (Å²) in [4.78, 5) is 8.19. The first-order valence-electron chi connectivity index (χ1n) is 5.71. The Bertz CT molecular complexity index is 594. The summed E-state index contributed by atoms with van der Waals surface area (Å²) in [5, 5.41) is 0.499. The van der Waals surface area contributed by atoms with Crippen molar-refractivity contribution in [3.63, 3.8) is 0 Å². The number of hydrogen-bond acceptors (Lipinski definition) is 2. The van der Waals surface area contributed by atoms with Gasteiger partial charge in [-0.05, 0) is 18.6 Å². The van der Waals surface area contributed by atoms with Crippen LogP contribution in [0.25, 0.3) is 11.4 Å². The molecule has 0 atom stereocenters. The van der Waals surface area contributed by atoms with E-state index in [1.807, 2.05) is 6.92 Å². The average Bonchev–Trinajstić information content (AvgIpc) is 2.37. The lowest BCUT2D eigenvalue weighted by molar-refractivity contribution is 0.630. The number of nitrogens with zero attached hydrogens (tertiary/aromatic N) is 2. The number of rotatable bonds is 3. The van der Waals surface area contributed by atoms with Gasteiger partial charge >= 0.3 is 0 Å². The number of halogens is 4. The van der Waals surface area contributed by atoms with Gasteiger partial charge in [0.05, 0.1) is 10.6 Å². The summed E-state index contributed by atoms with van der Waals surface area (Å²) in [6.07, 6.45) is 1.55. The van der Waals surface area contributed by atoms with Crippen LogP contribution in [0, 0.1) is 5.82 Å². The minimum atomic E-state index is -0.584. The van der Waals surface area contributed by atoms with Crippen LogP contribution in [0.1, 0.15) is 18.9 Å². The van der Waals surface area contributed by atoms with E-state index in [9.17, 15) is 4.39 Å². The third-order valence-electron chi connectivity index (χ3n) is 2.60. The van der Waals surface area contributed by atoms with Gasteiger partial charge in [-0.25, -0.2) is 14.4 Å². The van der Waals surface area contributed by atoms with Crippen LogP contribution in [0.2, 0.25) is 15.3 Å². The zero-order chi connectivity index (χ0) is 14.0. The quantitative estimate of drug-likeness (QED) is 0.727. The lowest BCUT2D eigenvalue weighted by atomic mass is 10.1. The maximum atomic E-state index is 13.9. The van der Waals surface area contributed by atoms with E-state index in [-0.39, 0.29) is 26.7 Å². The van der Waals surface area contributed by atoms with Crippen LogP contribution >= 0.6 is 34.8 Å². The second kappa shape index (κ2) is 6.04. The van der Waals surface area contributed by atoms with Gasteiger partial charge in [-0.15, -0.1) is 0 Å². The molecule has 2 rings (SSSR count).